The Morgan fingerprint density at radius 3 is 1.14 bits per heavy atom. The molecule has 0 aliphatic carbocycles. The van der Waals surface area contributed by atoms with E-state index in [1.165, 1.54) is 0 Å². The van der Waals surface area contributed by atoms with Crippen molar-refractivity contribution in [2.24, 2.45) is 0 Å². The Hall–Kier alpha value is 2.22. The molecule has 0 unspecified atom stereocenters. The minimum Gasteiger partial charge on any atom is -0.514 e. The van der Waals surface area contributed by atoms with Gasteiger partial charge in [0.15, 0.2) is 0 Å². The fourth-order valence-corrected chi connectivity index (χ4v) is 0.707. The van der Waals surface area contributed by atoms with E-state index in [0.717, 1.165) is 0 Å². The standard InChI is InChI=1S/2C3H6OS2.2Na/c2*1-2-4-3(5)6;;/h2*2H2,1H3,(H,5,6);;/q;;2*+1/p-2. The van der Waals surface area contributed by atoms with Crippen LogP contribution in [0.15, 0.2) is 0 Å². The van der Waals surface area contributed by atoms with E-state index in [1.54, 1.807) is 0 Å². The van der Waals surface area contributed by atoms with Crippen molar-refractivity contribution in [2.45, 2.75) is 13.8 Å². The van der Waals surface area contributed by atoms with E-state index in [9.17, 15) is 0 Å². The van der Waals surface area contributed by atoms with Gasteiger partial charge in [0, 0.05) is 8.77 Å². The molecule has 0 spiro atoms. The van der Waals surface area contributed by atoms with Crippen LogP contribution in [0.5, 0.6) is 0 Å². The molecule has 0 aromatic heterocycles. The van der Waals surface area contributed by atoms with Crippen molar-refractivity contribution in [1.82, 2.24) is 0 Å². The van der Waals surface area contributed by atoms with Crippen molar-refractivity contribution >= 4 is 58.5 Å². The minimum atomic E-state index is 0. The van der Waals surface area contributed by atoms with E-state index < -0.39 is 0 Å². The molecule has 14 heavy (non-hydrogen) atoms. The average Bonchev–Trinajstić information content (AvgIpc) is 1.87. The maximum Gasteiger partial charge on any atom is 1.00 e. The molecule has 8 heteroatoms. The van der Waals surface area contributed by atoms with Crippen LogP contribution in [0.4, 0.5) is 0 Å². The Labute approximate surface area is 152 Å². The molecular formula is C6H10Na2O2S4. The van der Waals surface area contributed by atoms with Crippen LogP contribution >= 0.6 is 24.4 Å². The molecule has 2 nitrogen and oxygen atoms in total. The third-order valence-corrected chi connectivity index (χ3v) is 0.996. The molecule has 0 amide bonds. The van der Waals surface area contributed by atoms with E-state index in [-0.39, 0.29) is 67.9 Å². The van der Waals surface area contributed by atoms with Crippen molar-refractivity contribution in [3.8, 4) is 0 Å². The summed E-state index contributed by atoms with van der Waals surface area (Å²) < 4.78 is 9.59. The molecule has 0 aromatic carbocycles. The monoisotopic (exact) mass is 288 g/mol. The first-order valence-corrected chi connectivity index (χ1v) is 4.85. The van der Waals surface area contributed by atoms with Crippen molar-refractivity contribution in [2.75, 3.05) is 13.2 Å². The molecule has 0 aliphatic rings. The first kappa shape index (κ1) is 25.2. The molecular weight excluding hydrogens is 278 g/mol. The molecule has 0 bridgehead atoms. The zero-order valence-corrected chi connectivity index (χ0v) is 16.1. The predicted octanol–water partition coefficient (Wildman–Crippen LogP) is -4.28. The molecule has 0 fully saturated rings. The van der Waals surface area contributed by atoms with Gasteiger partial charge in [-0.2, -0.15) is 0 Å². The van der Waals surface area contributed by atoms with Gasteiger partial charge >= 0.3 is 59.1 Å². The zero-order chi connectivity index (χ0) is 9.98. The van der Waals surface area contributed by atoms with Crippen LogP contribution in [0, 0.1) is 0 Å². The summed E-state index contributed by atoms with van der Waals surface area (Å²) in [6, 6.07) is 0. The third-order valence-electron chi connectivity index (χ3n) is 0.524. The molecule has 0 N–H and O–H groups in total. The van der Waals surface area contributed by atoms with E-state index in [0.29, 0.717) is 13.2 Å². The quantitative estimate of drug-likeness (QED) is 0.289. The normalized spacial score (nSPS) is 6.43. The Morgan fingerprint density at radius 2 is 1.14 bits per heavy atom. The number of ether oxygens (including phenoxy) is 2. The predicted molar refractivity (Wildman–Crippen MR) is 63.2 cm³/mol. The summed E-state index contributed by atoms with van der Waals surface area (Å²) in [4.78, 5) is 0. The van der Waals surface area contributed by atoms with E-state index in [4.69, 9.17) is 0 Å². The zero-order valence-electron chi connectivity index (χ0n) is 8.86. The second kappa shape index (κ2) is 20.6. The maximum absolute atomic E-state index is 4.59. The van der Waals surface area contributed by atoms with Gasteiger partial charge in [0.25, 0.3) is 0 Å². The van der Waals surface area contributed by atoms with Crippen LogP contribution in [0.2, 0.25) is 0 Å². The molecule has 0 atom stereocenters. The Morgan fingerprint density at radius 1 is 0.929 bits per heavy atom. The van der Waals surface area contributed by atoms with Gasteiger partial charge in [-0.25, -0.2) is 0 Å². The summed E-state index contributed by atoms with van der Waals surface area (Å²) in [5.41, 5.74) is 0. The van der Waals surface area contributed by atoms with Crippen molar-refractivity contribution < 1.29 is 68.6 Å². The molecule has 72 valence electrons. The molecule has 0 radical (unpaired) electrons. The molecule has 0 rings (SSSR count). The van der Waals surface area contributed by atoms with Crippen LogP contribution in [0.25, 0.3) is 0 Å². The van der Waals surface area contributed by atoms with Crippen LogP contribution in [0.1, 0.15) is 13.8 Å². The molecule has 0 saturated heterocycles. The first-order chi connectivity index (χ1) is 5.54. The van der Waals surface area contributed by atoms with Gasteiger partial charge in [-0.3, -0.25) is 0 Å². The Kier molecular flexibility index (Phi) is 37.0. The number of rotatable bonds is 2. The van der Waals surface area contributed by atoms with E-state index in [1.807, 2.05) is 13.8 Å². The van der Waals surface area contributed by atoms with Gasteiger partial charge in [0.05, 0.1) is 13.2 Å². The summed E-state index contributed by atoms with van der Waals surface area (Å²) in [6.07, 6.45) is 0. The Bertz CT molecular complexity index is 130. The molecule has 0 aliphatic heterocycles. The van der Waals surface area contributed by atoms with Gasteiger partial charge < -0.3 is 59.2 Å². The number of hydrogen-bond donors (Lipinski definition) is 0. The number of hydrogen-bond acceptors (Lipinski definition) is 6. The van der Waals surface area contributed by atoms with Crippen molar-refractivity contribution in [3.05, 3.63) is 0 Å². The van der Waals surface area contributed by atoms with Gasteiger partial charge in [-0.15, -0.1) is 0 Å². The SMILES string of the molecule is CCOC(=S)[S-].CCOC(=S)[S-].[Na+].[Na+]. The smallest absolute Gasteiger partial charge is 0.514 e. The van der Waals surface area contributed by atoms with E-state index in [2.05, 4.69) is 59.2 Å². The van der Waals surface area contributed by atoms with E-state index >= 15 is 0 Å². The van der Waals surface area contributed by atoms with Gasteiger partial charge in [0.2, 0.25) is 0 Å². The van der Waals surface area contributed by atoms with Crippen molar-refractivity contribution in [1.29, 1.82) is 0 Å². The average molecular weight is 288 g/mol. The largest absolute Gasteiger partial charge is 1.00 e. The fraction of sp³-hybridized carbons (Fsp3) is 0.667. The molecule has 0 saturated carbocycles. The topological polar surface area (TPSA) is 18.5 Å². The number of thiocarbonyl (C=S) groups is 2. The van der Waals surface area contributed by atoms with Crippen LogP contribution in [-0.4, -0.2) is 22.0 Å². The summed E-state index contributed by atoms with van der Waals surface area (Å²) in [7, 11) is 0. The van der Waals surface area contributed by atoms with Crippen LogP contribution in [-0.2, 0) is 34.7 Å². The van der Waals surface area contributed by atoms with Gasteiger partial charge in [-0.05, 0) is 13.8 Å². The second-order valence-corrected chi connectivity index (χ2v) is 3.37. The fourth-order valence-electron chi connectivity index (χ4n) is 0.236. The third kappa shape index (κ3) is 36.8. The first-order valence-electron chi connectivity index (χ1n) is 3.22. The van der Waals surface area contributed by atoms with Crippen molar-refractivity contribution in [3.63, 3.8) is 0 Å². The summed E-state index contributed by atoms with van der Waals surface area (Å²) >= 11 is 17.5. The molecule has 0 heterocycles. The van der Waals surface area contributed by atoms with Crippen LogP contribution < -0.4 is 59.1 Å². The second-order valence-electron chi connectivity index (χ2n) is 1.37. The minimum absolute atomic E-state index is 0. The summed E-state index contributed by atoms with van der Waals surface area (Å²) in [6.45, 7) is 4.86. The molecule has 0 aromatic rings. The van der Waals surface area contributed by atoms with Gasteiger partial charge in [-0.1, -0.05) is 0 Å². The summed E-state index contributed by atoms with van der Waals surface area (Å²) in [5.74, 6) is 0. The maximum atomic E-state index is 4.59. The van der Waals surface area contributed by atoms with Gasteiger partial charge in [0.1, 0.15) is 0 Å². The summed E-state index contributed by atoms with van der Waals surface area (Å²) in [5, 5.41) is 0. The Balaban J connectivity index is -0.0000000625. The van der Waals surface area contributed by atoms with Crippen LogP contribution in [0.3, 0.4) is 0 Å².